The van der Waals surface area contributed by atoms with Gasteiger partial charge in [-0.05, 0) is 38.7 Å². The number of hydrogen-bond acceptors (Lipinski definition) is 6. The molecule has 0 aromatic rings. The van der Waals surface area contributed by atoms with Crippen LogP contribution in [0.1, 0.15) is 94.4 Å². The molecule has 4 unspecified atom stereocenters. The molecule has 0 bridgehead atoms. The van der Waals surface area contributed by atoms with Gasteiger partial charge in [0.1, 0.15) is 11.5 Å². The zero-order valence-electron chi connectivity index (χ0n) is 23.8. The van der Waals surface area contributed by atoms with Gasteiger partial charge in [-0.15, -0.1) is 0 Å². The molecule has 0 aromatic heterocycles. The number of carboxylic acids is 2. The Kier molecular flexibility index (Phi) is 16.1. The summed E-state index contributed by atoms with van der Waals surface area (Å²) in [7, 11) is 0. The van der Waals surface area contributed by atoms with E-state index >= 15 is 0 Å². The summed E-state index contributed by atoms with van der Waals surface area (Å²) in [6.45, 7) is 19.3. The zero-order valence-corrected chi connectivity index (χ0v) is 23.8. The van der Waals surface area contributed by atoms with Crippen LogP contribution in [0.15, 0.2) is 23.8 Å². The van der Waals surface area contributed by atoms with Crippen molar-refractivity contribution in [2.75, 3.05) is 13.2 Å². The average molecular weight is 515 g/mol. The van der Waals surface area contributed by atoms with Crippen molar-refractivity contribution in [2.24, 2.45) is 16.7 Å². The number of rotatable bonds is 15. The van der Waals surface area contributed by atoms with E-state index in [-0.39, 0.29) is 23.4 Å². The fraction of sp³-hybridized carbons (Fsp3) is 0.786. The molecule has 0 saturated heterocycles. The first-order valence-electron chi connectivity index (χ1n) is 13.1. The second-order valence-electron chi connectivity index (χ2n) is 10.9. The van der Waals surface area contributed by atoms with Gasteiger partial charge in [-0.1, -0.05) is 79.9 Å². The summed E-state index contributed by atoms with van der Waals surface area (Å²) < 4.78 is 11.3. The maximum absolute atomic E-state index is 11.4. The normalized spacial score (nSPS) is 21.4. The summed E-state index contributed by atoms with van der Waals surface area (Å²) in [4.78, 5) is 33.4. The van der Waals surface area contributed by atoms with Gasteiger partial charge in [0.15, 0.2) is 6.29 Å². The fourth-order valence-corrected chi connectivity index (χ4v) is 3.04. The number of carboxylic acid groups (broad SMARTS) is 2. The highest BCUT2D eigenvalue weighted by Crippen LogP contribution is 2.35. The van der Waals surface area contributed by atoms with Crippen LogP contribution in [-0.2, 0) is 28.8 Å². The van der Waals surface area contributed by atoms with E-state index in [9.17, 15) is 14.7 Å². The molecule has 0 heterocycles. The van der Waals surface area contributed by atoms with Crippen LogP contribution in [0.5, 0.6) is 0 Å². The van der Waals surface area contributed by atoms with Gasteiger partial charge in [0, 0.05) is 18.6 Å². The van der Waals surface area contributed by atoms with Gasteiger partial charge in [-0.2, -0.15) is 0 Å². The molecule has 210 valence electrons. The Morgan fingerprint density at radius 2 is 1.61 bits per heavy atom. The number of carbonyl (C=O) groups is 2. The lowest BCUT2D eigenvalue weighted by Crippen LogP contribution is -2.44. The van der Waals surface area contributed by atoms with Gasteiger partial charge in [-0.3, -0.25) is 4.79 Å². The molecule has 8 nitrogen and oxygen atoms in total. The minimum absolute atomic E-state index is 0.0103. The zero-order chi connectivity index (χ0) is 27.9. The van der Waals surface area contributed by atoms with Crippen molar-refractivity contribution < 1.29 is 39.1 Å². The molecule has 0 radical (unpaired) electrons. The Morgan fingerprint density at radius 1 is 1.00 bits per heavy atom. The first-order valence-corrected chi connectivity index (χ1v) is 13.1. The molecule has 1 rings (SSSR count). The third-order valence-electron chi connectivity index (χ3n) is 5.99. The van der Waals surface area contributed by atoms with Crippen molar-refractivity contribution >= 4 is 11.9 Å². The van der Waals surface area contributed by atoms with E-state index in [1.807, 2.05) is 13.8 Å². The van der Waals surface area contributed by atoms with Gasteiger partial charge in [-0.25, -0.2) is 14.6 Å². The number of hydrogen-bond donors (Lipinski definition) is 2. The molecule has 0 spiro atoms. The van der Waals surface area contributed by atoms with Gasteiger partial charge in [0.2, 0.25) is 0 Å². The molecule has 4 atom stereocenters. The number of aliphatic carboxylic acids is 2. The lowest BCUT2D eigenvalue weighted by molar-refractivity contribution is -0.419. The SMILES string of the molecule is CCCCCOC1C(C(=O)O)=CC=CC1(C)C(=O)O.CCCCOC(OOC(C)C(C)C)C(C)(C)C. The lowest BCUT2D eigenvalue weighted by atomic mass is 9.77. The highest BCUT2D eigenvalue weighted by molar-refractivity contribution is 5.92. The quantitative estimate of drug-likeness (QED) is 0.112. The maximum Gasteiger partial charge on any atom is 0.334 e. The van der Waals surface area contributed by atoms with E-state index in [1.54, 1.807) is 0 Å². The number of unbranched alkanes of at least 4 members (excludes halogenated alkanes) is 3. The average Bonchev–Trinajstić information content (AvgIpc) is 2.78. The molecule has 1 aliphatic rings. The van der Waals surface area contributed by atoms with Crippen molar-refractivity contribution in [2.45, 2.75) is 113 Å². The molecule has 2 N–H and O–H groups in total. The molecule has 0 fully saturated rings. The molecule has 36 heavy (non-hydrogen) atoms. The van der Waals surface area contributed by atoms with E-state index in [2.05, 4.69) is 41.5 Å². The molecule has 0 aliphatic heterocycles. The Bertz CT molecular complexity index is 707. The fourth-order valence-electron chi connectivity index (χ4n) is 3.04. The summed E-state index contributed by atoms with van der Waals surface area (Å²) in [5.74, 6) is -1.79. The van der Waals surface area contributed by atoms with Crippen molar-refractivity contribution in [3.05, 3.63) is 23.8 Å². The lowest BCUT2D eigenvalue weighted by Gasteiger charge is -2.33. The number of ether oxygens (including phenoxy) is 2. The molecular weight excluding hydrogens is 464 g/mol. The van der Waals surface area contributed by atoms with Crippen LogP contribution in [0, 0.1) is 16.7 Å². The van der Waals surface area contributed by atoms with Crippen LogP contribution < -0.4 is 0 Å². The van der Waals surface area contributed by atoms with Crippen molar-refractivity contribution in [3.8, 4) is 0 Å². The van der Waals surface area contributed by atoms with Crippen LogP contribution in [0.2, 0.25) is 0 Å². The summed E-state index contributed by atoms with van der Waals surface area (Å²) >= 11 is 0. The Morgan fingerprint density at radius 3 is 2.08 bits per heavy atom. The van der Waals surface area contributed by atoms with Crippen LogP contribution in [0.25, 0.3) is 0 Å². The maximum atomic E-state index is 11.4. The van der Waals surface area contributed by atoms with Crippen molar-refractivity contribution in [1.82, 2.24) is 0 Å². The molecule has 0 saturated carbocycles. The monoisotopic (exact) mass is 514 g/mol. The van der Waals surface area contributed by atoms with E-state index in [1.165, 1.54) is 25.2 Å². The first kappa shape index (κ1) is 34.3. The third-order valence-corrected chi connectivity index (χ3v) is 5.99. The second-order valence-corrected chi connectivity index (χ2v) is 10.9. The highest BCUT2D eigenvalue weighted by atomic mass is 17.2. The first-order chi connectivity index (χ1) is 16.7. The van der Waals surface area contributed by atoms with E-state index in [0.717, 1.165) is 38.7 Å². The minimum atomic E-state index is -1.34. The largest absolute Gasteiger partial charge is 0.481 e. The molecule has 1 aliphatic carbocycles. The predicted octanol–water partition coefficient (Wildman–Crippen LogP) is 6.40. The van der Waals surface area contributed by atoms with Gasteiger partial charge in [0.25, 0.3) is 0 Å². The van der Waals surface area contributed by atoms with Crippen LogP contribution >= 0.6 is 0 Å². The molecule has 0 amide bonds. The smallest absolute Gasteiger partial charge is 0.334 e. The summed E-state index contributed by atoms with van der Waals surface area (Å²) in [5.41, 5.74) is -1.43. The minimum Gasteiger partial charge on any atom is -0.481 e. The number of allylic oxidation sites excluding steroid dienone is 2. The summed E-state index contributed by atoms with van der Waals surface area (Å²) in [6.07, 6.45) is 8.11. The van der Waals surface area contributed by atoms with Crippen LogP contribution in [0.3, 0.4) is 0 Å². The summed E-state index contributed by atoms with van der Waals surface area (Å²) in [6, 6.07) is 0. The van der Waals surface area contributed by atoms with Crippen molar-refractivity contribution in [1.29, 1.82) is 0 Å². The van der Waals surface area contributed by atoms with E-state index < -0.39 is 23.5 Å². The van der Waals surface area contributed by atoms with E-state index in [0.29, 0.717) is 12.5 Å². The molecule has 8 heteroatoms. The Balaban J connectivity index is 0.000000686. The Hall–Kier alpha value is -1.74. The van der Waals surface area contributed by atoms with Gasteiger partial charge in [0.05, 0.1) is 11.7 Å². The highest BCUT2D eigenvalue weighted by Gasteiger charge is 2.45. The molecular formula is C28H50O8. The summed E-state index contributed by atoms with van der Waals surface area (Å²) in [5, 5.41) is 18.5. The van der Waals surface area contributed by atoms with Gasteiger partial charge >= 0.3 is 11.9 Å². The second kappa shape index (κ2) is 16.9. The van der Waals surface area contributed by atoms with Crippen LogP contribution in [0.4, 0.5) is 0 Å². The Labute approximate surface area is 218 Å². The molecule has 0 aromatic carbocycles. The van der Waals surface area contributed by atoms with E-state index in [4.69, 9.17) is 24.4 Å². The predicted molar refractivity (Wildman–Crippen MR) is 140 cm³/mol. The standard InChI is InChI=1S/C14H20O5.C14H30O3/c1-3-4-5-9-19-11-10(12(15)16)7-6-8-14(11,2)13(17)18;1-8-9-10-15-13(14(5,6)7)17-16-12(4)11(2)3/h6-8,11H,3-5,9H2,1-2H3,(H,15,16)(H,17,18);11-13H,8-10H2,1-7H3. The topological polar surface area (TPSA) is 112 Å². The van der Waals surface area contributed by atoms with Crippen LogP contribution in [-0.4, -0.2) is 53.9 Å². The van der Waals surface area contributed by atoms with Gasteiger partial charge < -0.3 is 19.7 Å². The third kappa shape index (κ3) is 12.0. The van der Waals surface area contributed by atoms with Crippen molar-refractivity contribution in [3.63, 3.8) is 0 Å².